The monoisotopic (exact) mass is 469 g/mol. The van der Waals surface area contributed by atoms with Crippen molar-refractivity contribution >= 4 is 46.2 Å². The minimum Gasteiger partial charge on any atom is -0.384 e. The van der Waals surface area contributed by atoms with Gasteiger partial charge >= 0.3 is 0 Å². The summed E-state index contributed by atoms with van der Waals surface area (Å²) in [5, 5.41) is 10.7. The number of carbonyl (C=O) groups excluding carboxylic acids is 1. The summed E-state index contributed by atoms with van der Waals surface area (Å²) in [6.07, 6.45) is 2.90. The number of anilines is 1. The fourth-order valence-electron chi connectivity index (χ4n) is 4.36. The highest BCUT2D eigenvalue weighted by molar-refractivity contribution is 8.01. The van der Waals surface area contributed by atoms with Crippen LogP contribution in [0.3, 0.4) is 0 Å². The summed E-state index contributed by atoms with van der Waals surface area (Å²) in [6, 6.07) is 11.9. The largest absolute Gasteiger partial charge is 0.384 e. The quantitative estimate of drug-likeness (QED) is 0.514. The Hall–Kier alpha value is -2.20. The maximum absolute atomic E-state index is 13.3. The van der Waals surface area contributed by atoms with Crippen molar-refractivity contribution in [1.29, 1.82) is 5.26 Å². The molecule has 2 N–H and O–H groups in total. The van der Waals surface area contributed by atoms with Crippen LogP contribution in [0.1, 0.15) is 49.5 Å². The Morgan fingerprint density at radius 3 is 2.77 bits per heavy atom. The number of thiophene rings is 1. The second-order valence-corrected chi connectivity index (χ2v) is 10.6. The fourth-order valence-corrected chi connectivity index (χ4v) is 6.96. The third-order valence-corrected chi connectivity index (χ3v) is 8.52. The van der Waals surface area contributed by atoms with E-state index in [0.717, 1.165) is 36.3 Å². The molecular formula is C24H24ClN3OS2. The van der Waals surface area contributed by atoms with Crippen molar-refractivity contribution in [2.75, 3.05) is 10.7 Å². The number of allylic oxidation sites excluding steroid dienone is 3. The van der Waals surface area contributed by atoms with Gasteiger partial charge in [-0.3, -0.25) is 9.69 Å². The van der Waals surface area contributed by atoms with E-state index in [1.54, 1.807) is 29.2 Å². The molecule has 0 saturated carbocycles. The molecule has 0 saturated heterocycles. The first kappa shape index (κ1) is 22.0. The molecule has 2 aromatic rings. The molecule has 2 aliphatic rings. The number of benzene rings is 1. The van der Waals surface area contributed by atoms with Gasteiger partial charge in [-0.15, -0.1) is 23.1 Å². The van der Waals surface area contributed by atoms with Gasteiger partial charge < -0.3 is 5.73 Å². The summed E-state index contributed by atoms with van der Waals surface area (Å²) in [6.45, 7) is 4.24. The zero-order valence-corrected chi connectivity index (χ0v) is 20.0. The molecule has 0 amide bonds. The Morgan fingerprint density at radius 2 is 2.10 bits per heavy atom. The lowest BCUT2D eigenvalue weighted by Crippen LogP contribution is -2.38. The fraction of sp³-hybridized carbons (Fsp3) is 0.333. The number of rotatable bonds is 5. The van der Waals surface area contributed by atoms with Gasteiger partial charge in [0, 0.05) is 22.6 Å². The van der Waals surface area contributed by atoms with Crippen LogP contribution in [-0.4, -0.2) is 11.5 Å². The van der Waals surface area contributed by atoms with Crippen LogP contribution in [0, 0.1) is 11.3 Å². The molecule has 1 atom stereocenters. The number of nitrogens with two attached hydrogens (primary N) is 1. The van der Waals surface area contributed by atoms with E-state index in [1.165, 1.54) is 9.09 Å². The number of halogens is 1. The number of nitriles is 1. The van der Waals surface area contributed by atoms with Crippen molar-refractivity contribution in [2.24, 2.45) is 5.73 Å². The van der Waals surface area contributed by atoms with Crippen LogP contribution >= 0.6 is 34.7 Å². The molecule has 1 aromatic heterocycles. The van der Waals surface area contributed by atoms with Gasteiger partial charge in [-0.25, -0.2) is 0 Å². The van der Waals surface area contributed by atoms with Crippen LogP contribution in [0.2, 0.25) is 5.02 Å². The Balaban J connectivity index is 1.99. The molecule has 0 unspecified atom stereocenters. The molecule has 0 spiro atoms. The zero-order valence-electron chi connectivity index (χ0n) is 17.6. The van der Waals surface area contributed by atoms with Gasteiger partial charge in [-0.05, 0) is 48.8 Å². The average Bonchev–Trinajstić information content (AvgIpc) is 3.17. The molecule has 0 fully saturated rings. The number of carbonyl (C=O) groups is 1. The molecule has 1 aliphatic carbocycles. The third-order valence-electron chi connectivity index (χ3n) is 5.72. The van der Waals surface area contributed by atoms with Gasteiger partial charge in [0.25, 0.3) is 0 Å². The summed E-state index contributed by atoms with van der Waals surface area (Å²) >= 11 is 10.0. The highest BCUT2D eigenvalue weighted by Crippen LogP contribution is 2.50. The van der Waals surface area contributed by atoms with E-state index >= 15 is 0 Å². The molecule has 7 heteroatoms. The predicted octanol–water partition coefficient (Wildman–Crippen LogP) is 6.38. The van der Waals surface area contributed by atoms with Crippen molar-refractivity contribution in [3.05, 3.63) is 68.5 Å². The van der Waals surface area contributed by atoms with Gasteiger partial charge in [0.2, 0.25) is 0 Å². The van der Waals surface area contributed by atoms with Crippen molar-refractivity contribution in [3.8, 4) is 6.07 Å². The normalized spacial score (nSPS) is 19.0. The standard InChI is InChI=1S/C24H24ClN3OS2/c1-3-14-12-15(24(31-14)30-4-2)21-16(13-26)23(27)28(18-9-6-5-8-17(18)25)19-10-7-11-20(29)22(19)21/h5-6,8-9,12,21H,3-4,7,10-11,27H2,1-2H3/t21-/m0/s1. The van der Waals surface area contributed by atoms with Crippen LogP contribution in [0.15, 0.2) is 57.2 Å². The minimum atomic E-state index is -0.419. The summed E-state index contributed by atoms with van der Waals surface area (Å²) in [4.78, 5) is 16.4. The van der Waals surface area contributed by atoms with Crippen LogP contribution in [0.25, 0.3) is 0 Å². The number of ketones is 1. The van der Waals surface area contributed by atoms with Gasteiger partial charge in [0.1, 0.15) is 5.82 Å². The first-order valence-corrected chi connectivity index (χ1v) is 12.7. The van der Waals surface area contributed by atoms with Gasteiger partial charge in [0.15, 0.2) is 5.78 Å². The van der Waals surface area contributed by atoms with E-state index < -0.39 is 5.92 Å². The van der Waals surface area contributed by atoms with Crippen LogP contribution < -0.4 is 10.6 Å². The number of aryl methyl sites for hydroxylation is 1. The van der Waals surface area contributed by atoms with Gasteiger partial charge in [-0.2, -0.15) is 5.26 Å². The van der Waals surface area contributed by atoms with Crippen molar-refractivity contribution in [3.63, 3.8) is 0 Å². The average molecular weight is 470 g/mol. The van der Waals surface area contributed by atoms with E-state index in [0.29, 0.717) is 34.1 Å². The smallest absolute Gasteiger partial charge is 0.161 e. The molecule has 1 aliphatic heterocycles. The van der Waals surface area contributed by atoms with E-state index in [-0.39, 0.29) is 5.78 Å². The van der Waals surface area contributed by atoms with Crippen LogP contribution in [-0.2, 0) is 11.2 Å². The molecule has 160 valence electrons. The number of thioether (sulfide) groups is 1. The SMILES string of the molecule is CCSc1sc(CC)cc1[C@H]1C(C#N)=C(N)N(c2ccccc2Cl)C2=C1C(=O)CCC2. The summed E-state index contributed by atoms with van der Waals surface area (Å²) in [5.41, 5.74) is 10.4. The van der Waals surface area contributed by atoms with E-state index in [2.05, 4.69) is 26.0 Å². The molecule has 0 bridgehead atoms. The topological polar surface area (TPSA) is 70.1 Å². The first-order valence-electron chi connectivity index (χ1n) is 10.5. The van der Waals surface area contributed by atoms with E-state index in [4.69, 9.17) is 17.3 Å². The van der Waals surface area contributed by atoms with Crippen molar-refractivity contribution in [2.45, 2.75) is 49.7 Å². The van der Waals surface area contributed by atoms with Crippen molar-refractivity contribution in [1.82, 2.24) is 0 Å². The lowest BCUT2D eigenvalue weighted by Gasteiger charge is -2.40. The number of hydrogen-bond acceptors (Lipinski definition) is 6. The Kier molecular flexibility index (Phi) is 6.47. The minimum absolute atomic E-state index is 0.0975. The number of hydrogen-bond donors (Lipinski definition) is 1. The molecule has 4 nitrogen and oxygen atoms in total. The second kappa shape index (κ2) is 9.12. The lowest BCUT2D eigenvalue weighted by atomic mass is 9.76. The highest BCUT2D eigenvalue weighted by Gasteiger charge is 2.41. The number of para-hydroxylation sites is 1. The van der Waals surface area contributed by atoms with E-state index in [1.807, 2.05) is 23.1 Å². The molecule has 31 heavy (non-hydrogen) atoms. The number of nitrogens with zero attached hydrogens (tertiary/aromatic N) is 2. The van der Waals surface area contributed by atoms with Crippen LogP contribution in [0.4, 0.5) is 5.69 Å². The second-order valence-electron chi connectivity index (χ2n) is 7.51. The third kappa shape index (κ3) is 3.80. The summed E-state index contributed by atoms with van der Waals surface area (Å²) in [5.74, 6) is 0.971. The maximum Gasteiger partial charge on any atom is 0.161 e. The lowest BCUT2D eigenvalue weighted by molar-refractivity contribution is -0.116. The highest BCUT2D eigenvalue weighted by atomic mass is 35.5. The summed E-state index contributed by atoms with van der Waals surface area (Å²) < 4.78 is 1.17. The Morgan fingerprint density at radius 1 is 1.32 bits per heavy atom. The van der Waals surface area contributed by atoms with Crippen molar-refractivity contribution < 1.29 is 4.79 Å². The Bertz CT molecular complexity index is 1140. The van der Waals surface area contributed by atoms with Crippen LogP contribution in [0.5, 0.6) is 0 Å². The Labute approximate surface area is 196 Å². The maximum atomic E-state index is 13.3. The molecule has 0 radical (unpaired) electrons. The molecule has 1 aromatic carbocycles. The molecule has 2 heterocycles. The first-order chi connectivity index (χ1) is 15.0. The van der Waals surface area contributed by atoms with Gasteiger partial charge in [0.05, 0.1) is 32.5 Å². The van der Waals surface area contributed by atoms with E-state index in [9.17, 15) is 10.1 Å². The zero-order chi connectivity index (χ0) is 22.1. The van der Waals surface area contributed by atoms with Gasteiger partial charge in [-0.1, -0.05) is 37.6 Å². The molecule has 4 rings (SSSR count). The summed E-state index contributed by atoms with van der Waals surface area (Å²) in [7, 11) is 0. The predicted molar refractivity (Wildman–Crippen MR) is 129 cm³/mol. The number of Topliss-reactive ketones (excluding diaryl/α,β-unsaturated/α-hetero) is 1. The molecular weight excluding hydrogens is 446 g/mol.